The smallest absolute Gasteiger partial charge is 0.277 e. The molecule has 0 saturated heterocycles. The number of hydrogen-bond donors (Lipinski definition) is 4. The Hall–Kier alpha value is -4.28. The first-order valence-electron chi connectivity index (χ1n) is 9.51. The molecule has 0 spiro atoms. The van der Waals surface area contributed by atoms with Crippen LogP contribution in [0.3, 0.4) is 0 Å². The molecule has 4 N–H and O–H groups in total. The van der Waals surface area contributed by atoms with E-state index in [0.29, 0.717) is 28.4 Å². The number of aromatic amines is 1. The van der Waals surface area contributed by atoms with E-state index in [2.05, 4.69) is 48.1 Å². The lowest BCUT2D eigenvalue weighted by atomic mass is 10.1. The van der Waals surface area contributed by atoms with Gasteiger partial charge in [0.05, 0.1) is 24.7 Å². The molecular formula is C20H20N8O3. The minimum absolute atomic E-state index is 0.00110. The molecule has 1 saturated carbocycles. The number of nitrogens with zero attached hydrogens (tertiary/aromatic N) is 4. The van der Waals surface area contributed by atoms with Gasteiger partial charge in [-0.15, -0.1) is 10.2 Å². The molecule has 31 heavy (non-hydrogen) atoms. The maximum Gasteiger partial charge on any atom is 0.277 e. The second-order valence-electron chi connectivity index (χ2n) is 6.80. The highest BCUT2D eigenvalue weighted by Gasteiger charge is 2.30. The number of carbonyl (C=O) groups excluding carboxylic acids is 2. The summed E-state index contributed by atoms with van der Waals surface area (Å²) in [5.41, 5.74) is 2.20. The third-order valence-electron chi connectivity index (χ3n) is 4.62. The molecule has 11 heteroatoms. The number of methoxy groups -OCH3 is 1. The lowest BCUT2D eigenvalue weighted by molar-refractivity contribution is -0.117. The predicted octanol–water partition coefficient (Wildman–Crippen LogP) is 2.24. The van der Waals surface area contributed by atoms with Crippen LogP contribution in [-0.2, 0) is 4.79 Å². The Morgan fingerprint density at radius 3 is 2.77 bits per heavy atom. The van der Waals surface area contributed by atoms with Crippen LogP contribution in [0.2, 0.25) is 0 Å². The monoisotopic (exact) mass is 420 g/mol. The van der Waals surface area contributed by atoms with Crippen LogP contribution in [0.4, 0.5) is 17.2 Å². The van der Waals surface area contributed by atoms with Crippen molar-refractivity contribution in [2.24, 2.45) is 5.92 Å². The second kappa shape index (κ2) is 8.61. The Bertz CT molecular complexity index is 1130. The zero-order valence-electron chi connectivity index (χ0n) is 16.7. The summed E-state index contributed by atoms with van der Waals surface area (Å²) >= 11 is 0. The molecule has 11 nitrogen and oxygen atoms in total. The van der Waals surface area contributed by atoms with Crippen LogP contribution in [0.5, 0.6) is 5.75 Å². The third kappa shape index (κ3) is 4.34. The van der Waals surface area contributed by atoms with E-state index in [4.69, 9.17) is 4.74 Å². The average molecular weight is 420 g/mol. The number of benzene rings is 1. The van der Waals surface area contributed by atoms with E-state index in [0.717, 1.165) is 12.8 Å². The van der Waals surface area contributed by atoms with Gasteiger partial charge in [-0.3, -0.25) is 9.59 Å². The van der Waals surface area contributed by atoms with Crippen molar-refractivity contribution in [2.45, 2.75) is 12.8 Å². The molecule has 0 atom stereocenters. The molecule has 1 aliphatic carbocycles. The van der Waals surface area contributed by atoms with E-state index in [1.165, 1.54) is 13.3 Å². The van der Waals surface area contributed by atoms with Gasteiger partial charge >= 0.3 is 0 Å². The first-order chi connectivity index (χ1) is 15.1. The SMILES string of the molecule is C=CNC(=O)c1nnc(NC(=O)C2CC2)cc1Nc1cccc(-c2cn[nH]n2)c1OC. The van der Waals surface area contributed by atoms with Crippen molar-refractivity contribution >= 4 is 29.0 Å². The van der Waals surface area contributed by atoms with Crippen molar-refractivity contribution in [3.63, 3.8) is 0 Å². The lowest BCUT2D eigenvalue weighted by Gasteiger charge is -2.16. The van der Waals surface area contributed by atoms with E-state index < -0.39 is 5.91 Å². The van der Waals surface area contributed by atoms with Crippen molar-refractivity contribution in [1.29, 1.82) is 0 Å². The molecule has 1 aliphatic rings. The highest BCUT2D eigenvalue weighted by molar-refractivity contribution is 6.00. The molecule has 2 amide bonds. The molecule has 2 aromatic heterocycles. The van der Waals surface area contributed by atoms with Gasteiger partial charge < -0.3 is 20.7 Å². The summed E-state index contributed by atoms with van der Waals surface area (Å²) in [7, 11) is 1.53. The molecule has 1 aromatic carbocycles. The fourth-order valence-corrected chi connectivity index (χ4v) is 2.98. The van der Waals surface area contributed by atoms with Crippen molar-refractivity contribution in [3.8, 4) is 17.0 Å². The number of nitrogens with one attached hydrogen (secondary N) is 4. The average Bonchev–Trinajstić information content (AvgIpc) is 3.48. The number of hydrogen-bond acceptors (Lipinski definition) is 8. The fourth-order valence-electron chi connectivity index (χ4n) is 2.98. The number of amides is 2. The van der Waals surface area contributed by atoms with E-state index in [9.17, 15) is 9.59 Å². The maximum absolute atomic E-state index is 12.4. The molecule has 0 aliphatic heterocycles. The van der Waals surface area contributed by atoms with E-state index >= 15 is 0 Å². The van der Waals surface area contributed by atoms with Crippen LogP contribution in [0.15, 0.2) is 43.2 Å². The van der Waals surface area contributed by atoms with Gasteiger partial charge in [0.25, 0.3) is 5.91 Å². The second-order valence-corrected chi connectivity index (χ2v) is 6.80. The lowest BCUT2D eigenvalue weighted by Crippen LogP contribution is -2.22. The van der Waals surface area contributed by atoms with Crippen molar-refractivity contribution < 1.29 is 14.3 Å². The number of carbonyl (C=O) groups is 2. The number of H-pyrrole nitrogens is 1. The van der Waals surface area contributed by atoms with E-state index in [-0.39, 0.29) is 23.3 Å². The summed E-state index contributed by atoms with van der Waals surface area (Å²) in [6, 6.07) is 6.97. The Morgan fingerprint density at radius 2 is 2.10 bits per heavy atom. The summed E-state index contributed by atoms with van der Waals surface area (Å²) in [5, 5.41) is 26.8. The summed E-state index contributed by atoms with van der Waals surface area (Å²) in [4.78, 5) is 24.6. The van der Waals surface area contributed by atoms with Gasteiger partial charge in [0.2, 0.25) is 5.91 Å². The molecular weight excluding hydrogens is 400 g/mol. The third-order valence-corrected chi connectivity index (χ3v) is 4.62. The van der Waals surface area contributed by atoms with Gasteiger partial charge in [-0.25, -0.2) is 0 Å². The van der Waals surface area contributed by atoms with Gasteiger partial charge in [0.15, 0.2) is 17.3 Å². The standard InChI is InChI=1S/C20H20N8O3/c1-3-21-20(30)17-14(9-16(26-27-17)24-19(29)11-7-8-11)23-13-6-4-5-12(18(13)31-2)15-10-22-28-25-15/h3-6,9-11H,1,7-8H2,2H3,(H,21,30)(H,22,25,28)(H2,23,24,26,29). The van der Waals surface area contributed by atoms with Gasteiger partial charge in [-0.05, 0) is 31.2 Å². The Labute approximate surface area is 177 Å². The van der Waals surface area contributed by atoms with Crippen LogP contribution in [-0.4, -0.2) is 44.5 Å². The largest absolute Gasteiger partial charge is 0.494 e. The van der Waals surface area contributed by atoms with E-state index in [1.807, 2.05) is 12.1 Å². The topological polar surface area (TPSA) is 147 Å². The Kier molecular flexibility index (Phi) is 5.56. The van der Waals surface area contributed by atoms with Crippen molar-refractivity contribution in [3.05, 3.63) is 48.9 Å². The molecule has 0 bridgehead atoms. The fraction of sp³-hybridized carbons (Fsp3) is 0.200. The summed E-state index contributed by atoms with van der Waals surface area (Å²) in [5.74, 6) is 0.111. The zero-order chi connectivity index (χ0) is 21.8. The van der Waals surface area contributed by atoms with Gasteiger partial charge in [-0.2, -0.15) is 15.4 Å². The molecule has 158 valence electrons. The first kappa shape index (κ1) is 20.0. The Morgan fingerprint density at radius 1 is 1.26 bits per heavy atom. The summed E-state index contributed by atoms with van der Waals surface area (Å²) < 4.78 is 5.59. The number of anilines is 3. The number of ether oxygens (including phenoxy) is 1. The van der Waals surface area contributed by atoms with Gasteiger partial charge in [0.1, 0.15) is 5.69 Å². The molecule has 0 radical (unpaired) electrons. The maximum atomic E-state index is 12.4. The number of para-hydroxylation sites is 1. The molecule has 3 aromatic rings. The van der Waals surface area contributed by atoms with Crippen LogP contribution < -0.4 is 20.7 Å². The molecule has 2 heterocycles. The predicted molar refractivity (Wildman–Crippen MR) is 113 cm³/mol. The molecule has 1 fully saturated rings. The highest BCUT2D eigenvalue weighted by Crippen LogP contribution is 2.37. The van der Waals surface area contributed by atoms with Crippen LogP contribution in [0.25, 0.3) is 11.3 Å². The highest BCUT2D eigenvalue weighted by atomic mass is 16.5. The Balaban J connectivity index is 1.71. The van der Waals surface area contributed by atoms with Crippen LogP contribution >= 0.6 is 0 Å². The normalized spacial score (nSPS) is 12.7. The van der Waals surface area contributed by atoms with Crippen molar-refractivity contribution in [1.82, 2.24) is 30.9 Å². The van der Waals surface area contributed by atoms with Crippen LogP contribution in [0.1, 0.15) is 23.3 Å². The van der Waals surface area contributed by atoms with Crippen LogP contribution in [0, 0.1) is 5.92 Å². The first-order valence-corrected chi connectivity index (χ1v) is 9.51. The summed E-state index contributed by atoms with van der Waals surface area (Å²) in [6.07, 6.45) is 4.54. The van der Waals surface area contributed by atoms with Crippen molar-refractivity contribution in [2.75, 3.05) is 17.7 Å². The molecule has 4 rings (SSSR count). The minimum atomic E-state index is -0.503. The zero-order valence-corrected chi connectivity index (χ0v) is 16.7. The van der Waals surface area contributed by atoms with Gasteiger partial charge in [0, 0.05) is 17.5 Å². The number of aromatic nitrogens is 5. The van der Waals surface area contributed by atoms with Gasteiger partial charge in [-0.1, -0.05) is 12.6 Å². The minimum Gasteiger partial charge on any atom is -0.494 e. The quantitative estimate of drug-likeness (QED) is 0.434. The molecule has 0 unspecified atom stereocenters. The number of rotatable bonds is 8. The summed E-state index contributed by atoms with van der Waals surface area (Å²) in [6.45, 7) is 3.50. The van der Waals surface area contributed by atoms with E-state index in [1.54, 1.807) is 18.3 Å².